The Labute approximate surface area is 153 Å². The van der Waals surface area contributed by atoms with Gasteiger partial charge >= 0.3 is 11.6 Å². The summed E-state index contributed by atoms with van der Waals surface area (Å²) in [5.74, 6) is -1.96. The zero-order chi connectivity index (χ0) is 19.5. The van der Waals surface area contributed by atoms with Crippen LogP contribution in [0, 0.1) is 6.92 Å². The molecule has 0 radical (unpaired) electrons. The molecule has 138 valence electrons. The van der Waals surface area contributed by atoms with Crippen molar-refractivity contribution in [2.45, 2.75) is 26.2 Å². The van der Waals surface area contributed by atoms with Gasteiger partial charge < -0.3 is 14.3 Å². The Morgan fingerprint density at radius 2 is 2.11 bits per heavy atom. The fourth-order valence-electron chi connectivity index (χ4n) is 3.64. The Bertz CT molecular complexity index is 1190. The molecule has 1 aliphatic rings. The first kappa shape index (κ1) is 17.0. The number of benzene rings is 1. The lowest BCUT2D eigenvalue weighted by Gasteiger charge is -2.27. The maximum absolute atomic E-state index is 12.3. The van der Waals surface area contributed by atoms with Gasteiger partial charge in [-0.25, -0.2) is 4.79 Å². The van der Waals surface area contributed by atoms with Crippen molar-refractivity contribution >= 4 is 22.7 Å². The number of fused-ring (bicyclic) bond motifs is 3. The van der Waals surface area contributed by atoms with Gasteiger partial charge in [0.15, 0.2) is 11.5 Å². The number of hydrogen-bond donors (Lipinski definition) is 1. The van der Waals surface area contributed by atoms with Crippen LogP contribution in [0.1, 0.15) is 46.3 Å². The molecule has 1 atom stereocenters. The highest BCUT2D eigenvalue weighted by Gasteiger charge is 2.37. The molecule has 0 saturated heterocycles. The molecule has 1 N–H and O–H groups in total. The number of aromatic hydroxyl groups is 1. The molecule has 0 bridgehead atoms. The number of carbonyl (C=O) groups is 2. The van der Waals surface area contributed by atoms with E-state index < -0.39 is 23.3 Å². The van der Waals surface area contributed by atoms with Crippen molar-refractivity contribution in [1.82, 2.24) is 9.78 Å². The third kappa shape index (κ3) is 2.52. The summed E-state index contributed by atoms with van der Waals surface area (Å²) >= 11 is 0. The van der Waals surface area contributed by atoms with Gasteiger partial charge in [0.25, 0.3) is 0 Å². The van der Waals surface area contributed by atoms with Crippen molar-refractivity contribution < 1.29 is 23.8 Å². The fraction of sp³-hybridized carbons (Fsp3) is 0.263. The summed E-state index contributed by atoms with van der Waals surface area (Å²) in [5, 5.41) is 15.1. The van der Waals surface area contributed by atoms with Crippen molar-refractivity contribution in [3.05, 3.63) is 51.1 Å². The summed E-state index contributed by atoms with van der Waals surface area (Å²) < 4.78 is 12.3. The Hall–Kier alpha value is -3.42. The van der Waals surface area contributed by atoms with Gasteiger partial charge in [-0.2, -0.15) is 5.10 Å². The van der Waals surface area contributed by atoms with Gasteiger partial charge in [0.2, 0.25) is 0 Å². The SMILES string of the molecule is CC(=O)c1c2c(c3oc(=O)cc(C)c3c1O)[C@H](c1cnn(C)c1)CC(=O)O2. The van der Waals surface area contributed by atoms with E-state index in [1.165, 1.54) is 13.0 Å². The third-order valence-electron chi connectivity index (χ3n) is 4.76. The third-order valence-corrected chi connectivity index (χ3v) is 4.76. The van der Waals surface area contributed by atoms with Crippen LogP contribution in [0.2, 0.25) is 0 Å². The van der Waals surface area contributed by atoms with Gasteiger partial charge in [-0.3, -0.25) is 14.3 Å². The molecule has 27 heavy (non-hydrogen) atoms. The van der Waals surface area contributed by atoms with Crippen LogP contribution in [0.3, 0.4) is 0 Å². The number of nitrogens with zero attached hydrogens (tertiary/aromatic N) is 2. The van der Waals surface area contributed by atoms with Crippen molar-refractivity contribution in [3.63, 3.8) is 0 Å². The second-order valence-electron chi connectivity index (χ2n) is 6.65. The summed E-state index contributed by atoms with van der Waals surface area (Å²) in [7, 11) is 1.74. The molecular formula is C19H16N2O6. The highest BCUT2D eigenvalue weighted by atomic mass is 16.5. The summed E-state index contributed by atoms with van der Waals surface area (Å²) in [4.78, 5) is 36.5. The predicted octanol–water partition coefficient (Wildman–Crippen LogP) is 2.18. The maximum Gasteiger partial charge on any atom is 0.336 e. The van der Waals surface area contributed by atoms with Crippen LogP contribution in [0.5, 0.6) is 11.5 Å². The monoisotopic (exact) mass is 368 g/mol. The minimum absolute atomic E-state index is 0.00638. The maximum atomic E-state index is 12.3. The van der Waals surface area contributed by atoms with E-state index in [2.05, 4.69) is 5.10 Å². The first-order chi connectivity index (χ1) is 12.8. The Morgan fingerprint density at radius 3 is 2.74 bits per heavy atom. The van der Waals surface area contributed by atoms with E-state index in [0.717, 1.165) is 0 Å². The average molecular weight is 368 g/mol. The molecule has 0 amide bonds. The number of rotatable bonds is 2. The number of aromatic nitrogens is 2. The van der Waals surface area contributed by atoms with Gasteiger partial charge in [-0.15, -0.1) is 0 Å². The first-order valence-corrected chi connectivity index (χ1v) is 8.31. The van der Waals surface area contributed by atoms with Crippen LogP contribution in [-0.2, 0) is 11.8 Å². The van der Waals surface area contributed by atoms with Crippen LogP contribution in [0.15, 0.2) is 27.7 Å². The van der Waals surface area contributed by atoms with Crippen LogP contribution in [-0.4, -0.2) is 26.6 Å². The molecule has 0 fully saturated rings. The summed E-state index contributed by atoms with van der Waals surface area (Å²) in [6.45, 7) is 2.92. The highest BCUT2D eigenvalue weighted by Crippen LogP contribution is 2.49. The van der Waals surface area contributed by atoms with E-state index in [0.29, 0.717) is 16.7 Å². The van der Waals surface area contributed by atoms with Gasteiger partial charge in [-0.1, -0.05) is 0 Å². The molecule has 4 rings (SSSR count). The Morgan fingerprint density at radius 1 is 1.37 bits per heavy atom. The smallest absolute Gasteiger partial charge is 0.336 e. The molecule has 3 heterocycles. The molecule has 0 spiro atoms. The normalized spacial score (nSPS) is 16.3. The zero-order valence-electron chi connectivity index (χ0n) is 14.9. The molecule has 1 aliphatic heterocycles. The zero-order valence-corrected chi connectivity index (χ0v) is 14.9. The molecule has 0 saturated carbocycles. The molecule has 2 aromatic heterocycles. The van der Waals surface area contributed by atoms with Crippen molar-refractivity contribution in [3.8, 4) is 11.5 Å². The van der Waals surface area contributed by atoms with Gasteiger partial charge in [0, 0.05) is 30.8 Å². The van der Waals surface area contributed by atoms with Crippen molar-refractivity contribution in [2.75, 3.05) is 0 Å². The number of esters is 1. The lowest BCUT2D eigenvalue weighted by Crippen LogP contribution is -2.23. The van der Waals surface area contributed by atoms with E-state index in [9.17, 15) is 19.5 Å². The van der Waals surface area contributed by atoms with Crippen LogP contribution < -0.4 is 10.4 Å². The van der Waals surface area contributed by atoms with Gasteiger partial charge in [0.1, 0.15) is 16.9 Å². The lowest BCUT2D eigenvalue weighted by atomic mass is 9.84. The number of carbonyl (C=O) groups excluding carboxylic acids is 2. The summed E-state index contributed by atoms with van der Waals surface area (Å²) in [6.07, 6.45) is 3.34. The van der Waals surface area contributed by atoms with E-state index in [-0.39, 0.29) is 34.5 Å². The summed E-state index contributed by atoms with van der Waals surface area (Å²) in [6, 6.07) is 1.24. The fourth-order valence-corrected chi connectivity index (χ4v) is 3.64. The van der Waals surface area contributed by atoms with E-state index in [1.54, 1.807) is 31.0 Å². The van der Waals surface area contributed by atoms with E-state index in [4.69, 9.17) is 9.15 Å². The van der Waals surface area contributed by atoms with E-state index >= 15 is 0 Å². The number of ketones is 1. The molecule has 0 aliphatic carbocycles. The van der Waals surface area contributed by atoms with Crippen LogP contribution in [0.4, 0.5) is 0 Å². The highest BCUT2D eigenvalue weighted by molar-refractivity contribution is 6.08. The largest absolute Gasteiger partial charge is 0.506 e. The minimum Gasteiger partial charge on any atom is -0.506 e. The number of Topliss-reactive ketones (excluding diaryl/α,β-unsaturated/α-hetero) is 1. The summed E-state index contributed by atoms with van der Waals surface area (Å²) in [5.41, 5.74) is 0.975. The van der Waals surface area contributed by atoms with E-state index in [1.807, 2.05) is 0 Å². The standard InChI is InChI=1S/C19H16N2O6/c1-8-4-12(23)26-18-14(8)17(25)15(9(2)22)19-16(18)11(5-13(24)27-19)10-6-20-21(3)7-10/h4,6-7,11,25H,5H2,1-3H3/t11-/m0/s1. The molecule has 8 nitrogen and oxygen atoms in total. The molecule has 8 heteroatoms. The molecular weight excluding hydrogens is 352 g/mol. The quantitative estimate of drug-likeness (QED) is 0.319. The number of ether oxygens (including phenoxy) is 1. The van der Waals surface area contributed by atoms with Gasteiger partial charge in [-0.05, 0) is 25.0 Å². The first-order valence-electron chi connectivity index (χ1n) is 8.31. The van der Waals surface area contributed by atoms with Crippen LogP contribution in [0.25, 0.3) is 11.0 Å². The van der Waals surface area contributed by atoms with Crippen molar-refractivity contribution in [1.29, 1.82) is 0 Å². The molecule has 0 unspecified atom stereocenters. The minimum atomic E-state index is -0.598. The second kappa shape index (κ2) is 5.80. The lowest BCUT2D eigenvalue weighted by molar-refractivity contribution is -0.135. The predicted molar refractivity (Wildman–Crippen MR) is 94.2 cm³/mol. The molecule has 1 aromatic carbocycles. The molecule has 3 aromatic rings. The Kier molecular flexibility index (Phi) is 3.66. The second-order valence-corrected chi connectivity index (χ2v) is 6.65. The average Bonchev–Trinajstić information content (AvgIpc) is 2.99. The number of phenolic OH excluding ortho intramolecular Hbond substituents is 1. The topological polar surface area (TPSA) is 112 Å². The number of aryl methyl sites for hydroxylation is 2. The number of phenols is 1. The number of hydrogen-bond acceptors (Lipinski definition) is 7. The van der Waals surface area contributed by atoms with Gasteiger partial charge in [0.05, 0.1) is 18.0 Å². The van der Waals surface area contributed by atoms with Crippen molar-refractivity contribution in [2.24, 2.45) is 7.05 Å². The Balaban J connectivity index is 2.20. The van der Waals surface area contributed by atoms with Crippen LogP contribution >= 0.6 is 0 Å².